The van der Waals surface area contributed by atoms with Crippen LogP contribution < -0.4 is 16.4 Å². The molecule has 2 aromatic carbocycles. The summed E-state index contributed by atoms with van der Waals surface area (Å²) in [5.41, 5.74) is 7.83. The van der Waals surface area contributed by atoms with Crippen LogP contribution in [-0.2, 0) is 4.74 Å². The van der Waals surface area contributed by atoms with E-state index in [1.165, 1.54) is 21.8 Å². The molecule has 5 rings (SSSR count). The quantitative estimate of drug-likeness (QED) is 0.362. The van der Waals surface area contributed by atoms with Crippen LogP contribution in [0, 0.1) is 0 Å². The highest BCUT2D eigenvalue weighted by Gasteiger charge is 2.39. The number of benzene rings is 2. The molecule has 192 valence electrons. The van der Waals surface area contributed by atoms with E-state index in [1.807, 2.05) is 30.3 Å². The number of primary amides is 1. The van der Waals surface area contributed by atoms with E-state index in [-0.39, 0.29) is 29.4 Å². The van der Waals surface area contributed by atoms with Crippen molar-refractivity contribution in [2.45, 2.75) is 37.3 Å². The first kappa shape index (κ1) is 25.1. The van der Waals surface area contributed by atoms with Gasteiger partial charge in [0.1, 0.15) is 11.0 Å². The number of piperidine rings is 1. The van der Waals surface area contributed by atoms with Gasteiger partial charge in [-0.05, 0) is 48.6 Å². The molecule has 1 saturated heterocycles. The minimum atomic E-state index is -0.551. The maximum Gasteiger partial charge on any atom is 0.350 e. The van der Waals surface area contributed by atoms with Crippen LogP contribution in [0.25, 0.3) is 10.4 Å². The molecule has 0 bridgehead atoms. The number of hydrogen-bond acceptors (Lipinski definition) is 5. The number of carbonyl (C=O) groups is 3. The number of nitrogens with zero attached hydrogens (tertiary/aromatic N) is 1. The van der Waals surface area contributed by atoms with Gasteiger partial charge >= 0.3 is 18.0 Å². The molecule has 3 atom stereocenters. The van der Waals surface area contributed by atoms with E-state index in [2.05, 4.69) is 22.8 Å². The van der Waals surface area contributed by atoms with E-state index in [0.717, 1.165) is 16.9 Å². The maximum atomic E-state index is 13.2. The number of esters is 1. The second-order valence-corrected chi connectivity index (χ2v) is 10.8. The van der Waals surface area contributed by atoms with E-state index < -0.39 is 18.1 Å². The van der Waals surface area contributed by atoms with Gasteiger partial charge in [-0.1, -0.05) is 54.1 Å². The smallest absolute Gasteiger partial charge is 0.350 e. The standard InChI is InChI=1S/C27H27ClN4O4S/c28-18-10-8-17(9-11-18)23-14-22(31-27(35)30-21-13-20(21)16-5-2-1-3-6-16)24(37-23)25(33)36-19-7-4-12-32(15-19)26(29)34/h1-3,5-6,8-11,14,19-21H,4,7,12-13,15H2,(H2,29,34)(H2,30,31,35). The Hall–Kier alpha value is -3.56. The number of amides is 4. The second kappa shape index (κ2) is 10.8. The average Bonchev–Trinajstić information content (AvgIpc) is 3.53. The van der Waals surface area contributed by atoms with E-state index in [1.54, 1.807) is 18.2 Å². The number of carbonyl (C=O) groups excluding carboxylic acids is 3. The van der Waals surface area contributed by atoms with Crippen LogP contribution in [-0.4, -0.2) is 48.2 Å². The van der Waals surface area contributed by atoms with Gasteiger partial charge < -0.3 is 26.0 Å². The number of rotatable bonds is 6. The van der Waals surface area contributed by atoms with Gasteiger partial charge in [-0.25, -0.2) is 14.4 Å². The van der Waals surface area contributed by atoms with E-state index in [0.29, 0.717) is 30.1 Å². The van der Waals surface area contributed by atoms with Crippen molar-refractivity contribution in [3.8, 4) is 10.4 Å². The third-order valence-electron chi connectivity index (χ3n) is 6.59. The third kappa shape index (κ3) is 6.06. The zero-order chi connectivity index (χ0) is 25.9. The van der Waals surface area contributed by atoms with Crippen LogP contribution in [0.5, 0.6) is 0 Å². The van der Waals surface area contributed by atoms with Crippen molar-refractivity contribution in [2.24, 2.45) is 5.73 Å². The summed E-state index contributed by atoms with van der Waals surface area (Å²) >= 11 is 7.27. The zero-order valence-electron chi connectivity index (χ0n) is 20.0. The monoisotopic (exact) mass is 538 g/mol. The highest BCUT2D eigenvalue weighted by molar-refractivity contribution is 7.18. The van der Waals surface area contributed by atoms with E-state index >= 15 is 0 Å². The Labute approximate surface area is 223 Å². The van der Waals surface area contributed by atoms with Gasteiger partial charge in [-0.3, -0.25) is 0 Å². The first-order valence-corrected chi connectivity index (χ1v) is 13.3. The molecule has 1 aromatic heterocycles. The number of nitrogens with two attached hydrogens (primary N) is 1. The lowest BCUT2D eigenvalue weighted by atomic mass is 10.1. The number of anilines is 1. The fourth-order valence-corrected chi connectivity index (χ4v) is 5.71. The van der Waals surface area contributed by atoms with E-state index in [9.17, 15) is 14.4 Å². The summed E-state index contributed by atoms with van der Waals surface area (Å²) in [6.45, 7) is 0.795. The SMILES string of the molecule is NC(=O)N1CCCC(OC(=O)c2sc(-c3ccc(Cl)cc3)cc2NC(=O)NC2CC2c2ccccc2)C1. The molecule has 4 amide bonds. The number of nitrogens with one attached hydrogen (secondary N) is 2. The summed E-state index contributed by atoms with van der Waals surface area (Å²) < 4.78 is 5.75. The predicted molar refractivity (Wildman–Crippen MR) is 144 cm³/mol. The zero-order valence-corrected chi connectivity index (χ0v) is 21.6. The fourth-order valence-electron chi connectivity index (χ4n) is 4.58. The molecule has 4 N–H and O–H groups in total. The van der Waals surface area contributed by atoms with Gasteiger partial charge in [-0.15, -0.1) is 11.3 Å². The highest BCUT2D eigenvalue weighted by atomic mass is 35.5. The number of ether oxygens (including phenoxy) is 1. The maximum absolute atomic E-state index is 13.2. The minimum absolute atomic E-state index is 0.0363. The predicted octanol–water partition coefficient (Wildman–Crippen LogP) is 5.45. The Morgan fingerprint density at radius 1 is 1.08 bits per heavy atom. The summed E-state index contributed by atoms with van der Waals surface area (Å²) in [6, 6.07) is 18.2. The lowest BCUT2D eigenvalue weighted by molar-refractivity contribution is 0.0134. The Kier molecular flexibility index (Phi) is 7.34. The van der Waals surface area contributed by atoms with Gasteiger partial charge in [0.25, 0.3) is 0 Å². The first-order chi connectivity index (χ1) is 17.9. The molecule has 1 saturated carbocycles. The molecular formula is C27H27ClN4O4S. The van der Waals surface area contributed by atoms with Gasteiger partial charge in [0, 0.05) is 28.4 Å². The molecule has 8 nitrogen and oxygen atoms in total. The summed E-state index contributed by atoms with van der Waals surface area (Å²) in [6.07, 6.45) is 1.73. The van der Waals surface area contributed by atoms with Crippen LogP contribution >= 0.6 is 22.9 Å². The second-order valence-electron chi connectivity index (χ2n) is 9.27. The molecule has 3 aromatic rings. The van der Waals surface area contributed by atoms with Crippen LogP contribution in [0.4, 0.5) is 15.3 Å². The normalized spacial score (nSPS) is 20.7. The Morgan fingerprint density at radius 2 is 1.84 bits per heavy atom. The van der Waals surface area contributed by atoms with Crippen molar-refractivity contribution in [3.63, 3.8) is 0 Å². The number of halogens is 1. The van der Waals surface area contributed by atoms with E-state index in [4.69, 9.17) is 22.1 Å². The van der Waals surface area contributed by atoms with Gasteiger partial charge in [0.2, 0.25) is 0 Å². The third-order valence-corrected chi connectivity index (χ3v) is 8.01. The summed E-state index contributed by atoms with van der Waals surface area (Å²) in [4.78, 5) is 40.2. The van der Waals surface area contributed by atoms with Crippen molar-refractivity contribution in [1.29, 1.82) is 0 Å². The van der Waals surface area contributed by atoms with Gasteiger partial charge in [0.05, 0.1) is 12.2 Å². The van der Waals surface area contributed by atoms with Crippen molar-refractivity contribution in [2.75, 3.05) is 18.4 Å². The lowest BCUT2D eigenvalue weighted by Gasteiger charge is -2.31. The Balaban J connectivity index is 1.31. The highest BCUT2D eigenvalue weighted by Crippen LogP contribution is 2.41. The molecule has 3 unspecified atom stereocenters. The van der Waals surface area contributed by atoms with Crippen LogP contribution in [0.1, 0.15) is 40.4 Å². The van der Waals surface area contributed by atoms with Crippen LogP contribution in [0.2, 0.25) is 5.02 Å². The summed E-state index contributed by atoms with van der Waals surface area (Å²) in [5.74, 6) is -0.270. The Morgan fingerprint density at radius 3 is 2.57 bits per heavy atom. The minimum Gasteiger partial charge on any atom is -0.456 e. The lowest BCUT2D eigenvalue weighted by Crippen LogP contribution is -2.46. The number of hydrogen-bond donors (Lipinski definition) is 3. The number of urea groups is 2. The summed E-state index contributed by atoms with van der Waals surface area (Å²) in [7, 11) is 0. The van der Waals surface area contributed by atoms with Gasteiger partial charge in [-0.2, -0.15) is 0 Å². The van der Waals surface area contributed by atoms with Crippen molar-refractivity contribution >= 4 is 46.7 Å². The number of thiophene rings is 1. The average molecular weight is 539 g/mol. The van der Waals surface area contributed by atoms with Crippen LogP contribution in [0.15, 0.2) is 60.7 Å². The molecule has 2 fully saturated rings. The first-order valence-electron chi connectivity index (χ1n) is 12.1. The molecule has 0 radical (unpaired) electrons. The molecule has 10 heteroatoms. The Bertz CT molecular complexity index is 1300. The van der Waals surface area contributed by atoms with Crippen LogP contribution in [0.3, 0.4) is 0 Å². The molecule has 2 heterocycles. The largest absolute Gasteiger partial charge is 0.456 e. The molecule has 2 aliphatic rings. The topological polar surface area (TPSA) is 114 Å². The molecule has 0 spiro atoms. The molecular weight excluding hydrogens is 512 g/mol. The molecule has 1 aliphatic heterocycles. The van der Waals surface area contributed by atoms with Crippen molar-refractivity contribution < 1.29 is 19.1 Å². The fraction of sp³-hybridized carbons (Fsp3) is 0.296. The van der Waals surface area contributed by atoms with Crippen molar-refractivity contribution in [1.82, 2.24) is 10.2 Å². The number of likely N-dealkylation sites (tertiary alicyclic amines) is 1. The van der Waals surface area contributed by atoms with Crippen molar-refractivity contribution in [3.05, 3.63) is 76.1 Å². The summed E-state index contributed by atoms with van der Waals surface area (Å²) in [5, 5.41) is 6.45. The van der Waals surface area contributed by atoms with Gasteiger partial charge in [0.15, 0.2) is 0 Å². The molecule has 37 heavy (non-hydrogen) atoms. The molecule has 1 aliphatic carbocycles.